The maximum atomic E-state index is 13.9. The largest absolute Gasteiger partial charge is 0.454 e. The normalized spacial score (nSPS) is 21.9. The number of rotatable bonds is 5. The molecule has 1 amide bonds. The zero-order valence-corrected chi connectivity index (χ0v) is 16.0. The summed E-state index contributed by atoms with van der Waals surface area (Å²) in [5, 5.41) is 2.98. The molecule has 4 rings (SSSR count). The predicted molar refractivity (Wildman–Crippen MR) is 102 cm³/mol. The average molecular weight is 387 g/mol. The van der Waals surface area contributed by atoms with E-state index >= 15 is 0 Å². The first kappa shape index (κ1) is 18.7. The highest BCUT2D eigenvalue weighted by Crippen LogP contribution is 2.34. The standard InChI is InChI=1S/C21H24FN3O3/c1-15(21(26)23-17-6-7-19-20(12-17)28-14-27-19)25-10-8-24(9-11-25)13-16-4-2-3-5-18(16)22/h2-7,12,15H,8-11,13-14H2,1H3,(H,23,26)/p+2/t15-/m0/s1. The summed E-state index contributed by atoms with van der Waals surface area (Å²) in [7, 11) is 0. The second-order valence-electron chi connectivity index (χ2n) is 7.46. The van der Waals surface area contributed by atoms with Gasteiger partial charge in [-0.2, -0.15) is 0 Å². The van der Waals surface area contributed by atoms with Crippen LogP contribution < -0.4 is 24.6 Å². The van der Waals surface area contributed by atoms with Crippen LogP contribution in [0.25, 0.3) is 0 Å². The number of nitrogens with one attached hydrogen (secondary N) is 3. The molecule has 2 aromatic rings. The molecule has 2 aromatic carbocycles. The number of fused-ring (bicyclic) bond motifs is 1. The number of hydrogen-bond donors (Lipinski definition) is 3. The summed E-state index contributed by atoms with van der Waals surface area (Å²) in [5.41, 5.74) is 1.47. The Balaban J connectivity index is 1.29. The van der Waals surface area contributed by atoms with Crippen LogP contribution in [0.2, 0.25) is 0 Å². The highest BCUT2D eigenvalue weighted by atomic mass is 19.1. The lowest BCUT2D eigenvalue weighted by Crippen LogP contribution is -3.29. The molecule has 148 valence electrons. The van der Waals surface area contributed by atoms with Gasteiger partial charge in [0.05, 0.1) is 0 Å². The van der Waals surface area contributed by atoms with E-state index in [9.17, 15) is 9.18 Å². The van der Waals surface area contributed by atoms with E-state index in [1.165, 1.54) is 15.9 Å². The second-order valence-corrected chi connectivity index (χ2v) is 7.46. The van der Waals surface area contributed by atoms with Crippen LogP contribution in [0.4, 0.5) is 10.1 Å². The van der Waals surface area contributed by atoms with Gasteiger partial charge in [0.1, 0.15) is 38.5 Å². The zero-order valence-electron chi connectivity index (χ0n) is 16.0. The van der Waals surface area contributed by atoms with Crippen molar-refractivity contribution in [2.24, 2.45) is 0 Å². The maximum absolute atomic E-state index is 13.9. The Morgan fingerprint density at radius 1 is 1.11 bits per heavy atom. The van der Waals surface area contributed by atoms with E-state index in [1.807, 2.05) is 25.1 Å². The van der Waals surface area contributed by atoms with Crippen molar-refractivity contribution in [1.29, 1.82) is 0 Å². The van der Waals surface area contributed by atoms with Gasteiger partial charge in [0.25, 0.3) is 5.91 Å². The minimum atomic E-state index is -0.152. The first-order valence-corrected chi connectivity index (χ1v) is 9.72. The Morgan fingerprint density at radius 2 is 1.86 bits per heavy atom. The number of amides is 1. The molecule has 1 saturated heterocycles. The molecular weight excluding hydrogens is 361 g/mol. The molecule has 7 heteroatoms. The zero-order chi connectivity index (χ0) is 19.5. The summed E-state index contributed by atoms with van der Waals surface area (Å²) in [6, 6.07) is 12.2. The quantitative estimate of drug-likeness (QED) is 0.670. The molecule has 3 N–H and O–H groups in total. The molecule has 1 atom stereocenters. The van der Waals surface area contributed by atoms with Gasteiger partial charge in [-0.15, -0.1) is 0 Å². The van der Waals surface area contributed by atoms with Crippen LogP contribution in [0.15, 0.2) is 42.5 Å². The van der Waals surface area contributed by atoms with Crippen molar-refractivity contribution in [3.8, 4) is 11.5 Å². The minimum Gasteiger partial charge on any atom is -0.454 e. The van der Waals surface area contributed by atoms with Gasteiger partial charge in [-0.25, -0.2) is 4.39 Å². The van der Waals surface area contributed by atoms with Crippen molar-refractivity contribution in [2.75, 3.05) is 38.3 Å². The topological polar surface area (TPSA) is 56.4 Å². The number of halogens is 1. The maximum Gasteiger partial charge on any atom is 0.282 e. The summed E-state index contributed by atoms with van der Waals surface area (Å²) in [5.74, 6) is 1.21. The lowest BCUT2D eigenvalue weighted by atomic mass is 10.1. The Labute approximate surface area is 163 Å². The number of ether oxygens (including phenoxy) is 2. The third-order valence-electron chi connectivity index (χ3n) is 5.64. The molecule has 0 saturated carbocycles. The lowest BCUT2D eigenvalue weighted by Gasteiger charge is -2.32. The van der Waals surface area contributed by atoms with Crippen molar-refractivity contribution < 1.29 is 28.5 Å². The number of benzene rings is 2. The molecule has 2 heterocycles. The van der Waals surface area contributed by atoms with E-state index < -0.39 is 0 Å². The number of anilines is 1. The van der Waals surface area contributed by atoms with Gasteiger partial charge >= 0.3 is 0 Å². The second kappa shape index (κ2) is 8.16. The molecule has 0 bridgehead atoms. The molecule has 0 aromatic heterocycles. The smallest absolute Gasteiger partial charge is 0.282 e. The first-order chi connectivity index (χ1) is 13.6. The third-order valence-corrected chi connectivity index (χ3v) is 5.64. The van der Waals surface area contributed by atoms with Crippen LogP contribution in [0, 0.1) is 5.82 Å². The summed E-state index contributed by atoms with van der Waals surface area (Å²) in [6.07, 6.45) is 0. The Kier molecular flexibility index (Phi) is 5.45. The van der Waals surface area contributed by atoms with Gasteiger partial charge in [0.15, 0.2) is 17.5 Å². The number of carbonyl (C=O) groups is 1. The minimum absolute atomic E-state index is 0.00795. The number of piperazine rings is 1. The molecule has 2 aliphatic rings. The fraction of sp³-hybridized carbons (Fsp3) is 0.381. The van der Waals surface area contributed by atoms with Crippen molar-refractivity contribution >= 4 is 11.6 Å². The first-order valence-electron chi connectivity index (χ1n) is 9.72. The van der Waals surface area contributed by atoms with E-state index in [4.69, 9.17) is 9.47 Å². The average Bonchev–Trinajstić information content (AvgIpc) is 3.17. The highest BCUT2D eigenvalue weighted by Gasteiger charge is 2.31. The van der Waals surface area contributed by atoms with E-state index in [-0.39, 0.29) is 24.6 Å². The summed E-state index contributed by atoms with van der Waals surface area (Å²) < 4.78 is 24.5. The molecular formula is C21H26FN3O3+2. The van der Waals surface area contributed by atoms with Crippen LogP contribution >= 0.6 is 0 Å². The third kappa shape index (κ3) is 4.10. The molecule has 6 nitrogen and oxygen atoms in total. The van der Waals surface area contributed by atoms with E-state index in [0.717, 1.165) is 31.7 Å². The Bertz CT molecular complexity index is 853. The predicted octanol–water partition coefficient (Wildman–Crippen LogP) is -0.135. The van der Waals surface area contributed by atoms with E-state index in [1.54, 1.807) is 18.2 Å². The van der Waals surface area contributed by atoms with Crippen molar-refractivity contribution in [2.45, 2.75) is 19.5 Å². The van der Waals surface area contributed by atoms with E-state index in [2.05, 4.69) is 5.32 Å². The van der Waals surface area contributed by atoms with E-state index in [0.29, 0.717) is 23.7 Å². The molecule has 0 radical (unpaired) electrons. The van der Waals surface area contributed by atoms with Gasteiger partial charge in [0, 0.05) is 17.3 Å². The number of hydrogen-bond acceptors (Lipinski definition) is 3. The van der Waals surface area contributed by atoms with Gasteiger partial charge in [-0.3, -0.25) is 4.79 Å². The summed E-state index contributed by atoms with van der Waals surface area (Å²) in [4.78, 5) is 15.3. The van der Waals surface area contributed by atoms with Crippen molar-refractivity contribution in [1.82, 2.24) is 0 Å². The van der Waals surface area contributed by atoms with Crippen LogP contribution in [0.3, 0.4) is 0 Å². The van der Waals surface area contributed by atoms with Gasteiger partial charge in [-0.05, 0) is 25.1 Å². The van der Waals surface area contributed by atoms with Crippen LogP contribution in [-0.4, -0.2) is 44.9 Å². The Morgan fingerprint density at radius 3 is 2.64 bits per heavy atom. The number of carbonyl (C=O) groups excluding carboxylic acids is 1. The molecule has 28 heavy (non-hydrogen) atoms. The fourth-order valence-corrected chi connectivity index (χ4v) is 3.86. The molecule has 2 aliphatic heterocycles. The monoisotopic (exact) mass is 387 g/mol. The van der Waals surface area contributed by atoms with Gasteiger partial charge < -0.3 is 24.6 Å². The highest BCUT2D eigenvalue weighted by molar-refractivity contribution is 5.93. The lowest BCUT2D eigenvalue weighted by molar-refractivity contribution is -1.02. The molecule has 0 spiro atoms. The van der Waals surface area contributed by atoms with Crippen molar-refractivity contribution in [3.63, 3.8) is 0 Å². The SMILES string of the molecule is C[C@@H](C(=O)Nc1ccc2c(c1)OCO2)[NH+]1CC[NH+](Cc2ccccc2F)CC1. The van der Waals surface area contributed by atoms with Crippen LogP contribution in [0.5, 0.6) is 11.5 Å². The number of quaternary nitrogens is 2. The fourth-order valence-electron chi connectivity index (χ4n) is 3.86. The van der Waals surface area contributed by atoms with Gasteiger partial charge in [-0.1, -0.05) is 18.2 Å². The Hall–Kier alpha value is -2.64. The molecule has 1 fully saturated rings. The van der Waals surface area contributed by atoms with Crippen LogP contribution in [0.1, 0.15) is 12.5 Å². The van der Waals surface area contributed by atoms with Crippen molar-refractivity contribution in [3.05, 3.63) is 53.8 Å². The van der Waals surface area contributed by atoms with Crippen LogP contribution in [-0.2, 0) is 11.3 Å². The van der Waals surface area contributed by atoms with Gasteiger partial charge in [0.2, 0.25) is 6.79 Å². The summed E-state index contributed by atoms with van der Waals surface area (Å²) >= 11 is 0. The molecule has 0 aliphatic carbocycles. The molecule has 0 unspecified atom stereocenters. The summed E-state index contributed by atoms with van der Waals surface area (Å²) in [6.45, 7) is 6.49.